The highest BCUT2D eigenvalue weighted by Crippen LogP contribution is 2.21. The number of hydrogen-bond acceptors (Lipinski definition) is 4. The molecule has 0 unspecified atom stereocenters. The van der Waals surface area contributed by atoms with Crippen LogP contribution in [0.5, 0.6) is 0 Å². The Morgan fingerprint density at radius 3 is 2.53 bits per heavy atom. The van der Waals surface area contributed by atoms with Crippen LogP contribution >= 0.6 is 0 Å². The van der Waals surface area contributed by atoms with E-state index >= 15 is 0 Å². The number of carbonyl (C=O) groups is 1. The van der Waals surface area contributed by atoms with Crippen LogP contribution in [0.4, 0.5) is 0 Å². The molecule has 172 valence electrons. The molecule has 2 aromatic rings. The summed E-state index contributed by atoms with van der Waals surface area (Å²) in [5.41, 5.74) is 3.04. The molecule has 1 saturated carbocycles. The highest BCUT2D eigenvalue weighted by atomic mass is 32.2. The average Bonchev–Trinajstić information content (AvgIpc) is 3.18. The maximum absolute atomic E-state index is 13.2. The van der Waals surface area contributed by atoms with Gasteiger partial charge in [-0.1, -0.05) is 43.2 Å². The van der Waals surface area contributed by atoms with Crippen molar-refractivity contribution in [1.29, 1.82) is 0 Å². The minimum absolute atomic E-state index is 0.00389. The van der Waals surface area contributed by atoms with Crippen molar-refractivity contribution in [2.75, 3.05) is 26.2 Å². The smallest absolute Gasteiger partial charge is 0.253 e. The SMILES string of the molecule is Cc1ccccc1CN1CCCN(C(=O)c2cccc(S(=O)(=O)NC3CCCC3)c2)CC1. The molecule has 0 radical (unpaired) electrons. The molecular weight excluding hydrogens is 422 g/mol. The molecule has 1 saturated heterocycles. The maximum atomic E-state index is 13.2. The summed E-state index contributed by atoms with van der Waals surface area (Å²) in [6.45, 7) is 6.09. The largest absolute Gasteiger partial charge is 0.337 e. The molecule has 0 bridgehead atoms. The number of benzene rings is 2. The summed E-state index contributed by atoms with van der Waals surface area (Å²) in [4.78, 5) is 17.6. The first-order valence-electron chi connectivity index (χ1n) is 11.6. The number of nitrogens with one attached hydrogen (secondary N) is 1. The van der Waals surface area contributed by atoms with E-state index in [4.69, 9.17) is 0 Å². The second-order valence-electron chi connectivity index (χ2n) is 8.98. The molecule has 32 heavy (non-hydrogen) atoms. The van der Waals surface area contributed by atoms with E-state index in [1.807, 2.05) is 4.90 Å². The number of sulfonamides is 1. The molecule has 4 rings (SSSR count). The number of rotatable bonds is 6. The second-order valence-corrected chi connectivity index (χ2v) is 10.7. The first kappa shape index (κ1) is 23.0. The van der Waals surface area contributed by atoms with Crippen LogP contribution in [-0.4, -0.2) is 56.3 Å². The van der Waals surface area contributed by atoms with Gasteiger partial charge in [-0.25, -0.2) is 13.1 Å². The summed E-state index contributed by atoms with van der Waals surface area (Å²) in [5.74, 6) is -0.0966. The third kappa shape index (κ3) is 5.57. The maximum Gasteiger partial charge on any atom is 0.253 e. The van der Waals surface area contributed by atoms with Gasteiger partial charge >= 0.3 is 0 Å². The summed E-state index contributed by atoms with van der Waals surface area (Å²) >= 11 is 0. The summed E-state index contributed by atoms with van der Waals surface area (Å²) < 4.78 is 28.4. The van der Waals surface area contributed by atoms with Crippen molar-refractivity contribution in [2.24, 2.45) is 0 Å². The number of amides is 1. The van der Waals surface area contributed by atoms with Gasteiger partial charge in [0.05, 0.1) is 4.90 Å². The van der Waals surface area contributed by atoms with Gasteiger partial charge < -0.3 is 4.90 Å². The fraction of sp³-hybridized carbons (Fsp3) is 0.480. The topological polar surface area (TPSA) is 69.7 Å². The van der Waals surface area contributed by atoms with E-state index in [2.05, 4.69) is 40.8 Å². The van der Waals surface area contributed by atoms with E-state index in [9.17, 15) is 13.2 Å². The Bertz CT molecular complexity index is 1050. The quantitative estimate of drug-likeness (QED) is 0.723. The minimum Gasteiger partial charge on any atom is -0.337 e. The van der Waals surface area contributed by atoms with Crippen LogP contribution in [0.15, 0.2) is 53.4 Å². The van der Waals surface area contributed by atoms with Gasteiger partial charge in [0.2, 0.25) is 10.0 Å². The Morgan fingerprint density at radius 2 is 1.75 bits per heavy atom. The Balaban J connectivity index is 1.41. The highest BCUT2D eigenvalue weighted by molar-refractivity contribution is 7.89. The molecule has 6 nitrogen and oxygen atoms in total. The molecule has 0 atom stereocenters. The molecule has 0 spiro atoms. The monoisotopic (exact) mass is 455 g/mol. The van der Waals surface area contributed by atoms with Crippen LogP contribution in [0.25, 0.3) is 0 Å². The first-order chi connectivity index (χ1) is 15.4. The number of hydrogen-bond donors (Lipinski definition) is 1. The van der Waals surface area contributed by atoms with Crippen molar-refractivity contribution < 1.29 is 13.2 Å². The molecule has 0 aromatic heterocycles. The van der Waals surface area contributed by atoms with Crippen molar-refractivity contribution in [3.05, 3.63) is 65.2 Å². The van der Waals surface area contributed by atoms with Gasteiger partial charge in [0.25, 0.3) is 5.91 Å². The van der Waals surface area contributed by atoms with E-state index in [-0.39, 0.29) is 16.8 Å². The zero-order chi connectivity index (χ0) is 22.6. The average molecular weight is 456 g/mol. The molecule has 1 amide bonds. The lowest BCUT2D eigenvalue weighted by molar-refractivity contribution is 0.0761. The van der Waals surface area contributed by atoms with Crippen LogP contribution in [0.2, 0.25) is 0 Å². The van der Waals surface area contributed by atoms with Crippen LogP contribution in [0, 0.1) is 6.92 Å². The molecule has 2 fully saturated rings. The van der Waals surface area contributed by atoms with Gasteiger partial charge in [-0.15, -0.1) is 0 Å². The van der Waals surface area contributed by atoms with Crippen molar-refractivity contribution in [3.63, 3.8) is 0 Å². The Labute approximate surface area is 191 Å². The lowest BCUT2D eigenvalue weighted by Crippen LogP contribution is -2.35. The predicted molar refractivity (Wildman–Crippen MR) is 126 cm³/mol. The van der Waals surface area contributed by atoms with Gasteiger partial charge in [-0.3, -0.25) is 9.69 Å². The van der Waals surface area contributed by atoms with Crippen LogP contribution in [0.1, 0.15) is 53.6 Å². The lowest BCUT2D eigenvalue weighted by atomic mass is 10.1. The zero-order valence-electron chi connectivity index (χ0n) is 18.8. The van der Waals surface area contributed by atoms with Crippen LogP contribution < -0.4 is 4.72 Å². The van der Waals surface area contributed by atoms with Crippen molar-refractivity contribution in [1.82, 2.24) is 14.5 Å². The molecule has 7 heteroatoms. The summed E-state index contributed by atoms with van der Waals surface area (Å²) in [5, 5.41) is 0. The fourth-order valence-electron chi connectivity index (χ4n) is 4.67. The van der Waals surface area contributed by atoms with Crippen molar-refractivity contribution >= 4 is 15.9 Å². The second kappa shape index (κ2) is 10.1. The van der Waals surface area contributed by atoms with E-state index in [1.165, 1.54) is 17.2 Å². The molecule has 1 heterocycles. The van der Waals surface area contributed by atoms with E-state index in [0.29, 0.717) is 18.7 Å². The van der Waals surface area contributed by atoms with E-state index in [1.54, 1.807) is 18.2 Å². The molecule has 1 N–H and O–H groups in total. The molecule has 1 aliphatic heterocycles. The van der Waals surface area contributed by atoms with Gasteiger partial charge in [0, 0.05) is 44.3 Å². The van der Waals surface area contributed by atoms with Gasteiger partial charge in [0.15, 0.2) is 0 Å². The van der Waals surface area contributed by atoms with Crippen LogP contribution in [0.3, 0.4) is 0 Å². The van der Waals surface area contributed by atoms with E-state index < -0.39 is 10.0 Å². The summed E-state index contributed by atoms with van der Waals surface area (Å²) in [7, 11) is -3.61. The van der Waals surface area contributed by atoms with Crippen molar-refractivity contribution in [2.45, 2.75) is 56.5 Å². The highest BCUT2D eigenvalue weighted by Gasteiger charge is 2.25. The Kier molecular flexibility index (Phi) is 7.28. The number of aryl methyl sites for hydroxylation is 1. The van der Waals surface area contributed by atoms with Crippen molar-refractivity contribution in [3.8, 4) is 0 Å². The fourth-order valence-corrected chi connectivity index (χ4v) is 6.02. The van der Waals surface area contributed by atoms with E-state index in [0.717, 1.165) is 51.7 Å². The third-order valence-corrected chi connectivity index (χ3v) is 8.12. The van der Waals surface area contributed by atoms with Gasteiger partial charge in [-0.2, -0.15) is 0 Å². The number of nitrogens with zero attached hydrogens (tertiary/aromatic N) is 2. The molecular formula is C25H33N3O3S. The zero-order valence-corrected chi connectivity index (χ0v) is 19.6. The minimum atomic E-state index is -3.61. The molecule has 1 aliphatic carbocycles. The Hall–Kier alpha value is -2.22. The van der Waals surface area contributed by atoms with Crippen LogP contribution in [-0.2, 0) is 16.6 Å². The molecule has 2 aromatic carbocycles. The third-order valence-electron chi connectivity index (χ3n) is 6.60. The van der Waals surface area contributed by atoms with Gasteiger partial charge in [-0.05, 0) is 55.5 Å². The lowest BCUT2D eigenvalue weighted by Gasteiger charge is -2.23. The van der Waals surface area contributed by atoms with Gasteiger partial charge in [0.1, 0.15) is 0 Å². The predicted octanol–water partition coefficient (Wildman–Crippen LogP) is 3.56. The normalized spacial score (nSPS) is 18.6. The first-order valence-corrected chi connectivity index (χ1v) is 13.1. The summed E-state index contributed by atoms with van der Waals surface area (Å²) in [6.07, 6.45) is 4.77. The summed E-state index contributed by atoms with van der Waals surface area (Å²) in [6, 6.07) is 14.9. The molecule has 2 aliphatic rings. The number of carbonyl (C=O) groups excluding carboxylic acids is 1. The standard InChI is InChI=1S/C25H33N3O3S/c1-20-8-2-3-9-22(20)19-27-14-7-15-28(17-16-27)25(29)21-10-6-13-24(18-21)32(30,31)26-23-11-4-5-12-23/h2-3,6,8-10,13,18,23,26H,4-5,7,11-12,14-17,19H2,1H3. The Morgan fingerprint density at radius 1 is 0.969 bits per heavy atom.